The fraction of sp³-hybridized carbons (Fsp3) is 0.409. The number of hydrogen-bond acceptors (Lipinski definition) is 3. The van der Waals surface area contributed by atoms with E-state index in [0.29, 0.717) is 11.6 Å². The molecule has 6 heteroatoms. The first kappa shape index (κ1) is 20.6. The zero-order valence-corrected chi connectivity index (χ0v) is 17.2. The van der Waals surface area contributed by atoms with Crippen LogP contribution in [0.3, 0.4) is 0 Å². The van der Waals surface area contributed by atoms with Gasteiger partial charge in [0, 0.05) is 31.7 Å². The number of amides is 2. The molecule has 2 atom stereocenters. The summed E-state index contributed by atoms with van der Waals surface area (Å²) in [5.41, 5.74) is 2.26. The number of nitrogens with one attached hydrogen (secondary N) is 1. The summed E-state index contributed by atoms with van der Waals surface area (Å²) in [5, 5.41) is 3.81. The van der Waals surface area contributed by atoms with Gasteiger partial charge in [-0.2, -0.15) is 0 Å². The lowest BCUT2D eigenvalue weighted by molar-refractivity contribution is 0.0164. The fourth-order valence-electron chi connectivity index (χ4n) is 3.47. The normalized spacial score (nSPS) is 17.0. The van der Waals surface area contributed by atoms with E-state index in [2.05, 4.69) is 22.3 Å². The van der Waals surface area contributed by atoms with Crippen LogP contribution in [0.5, 0.6) is 0 Å². The van der Waals surface area contributed by atoms with Crippen molar-refractivity contribution in [1.82, 2.24) is 15.1 Å². The van der Waals surface area contributed by atoms with Gasteiger partial charge in [-0.05, 0) is 30.2 Å². The van der Waals surface area contributed by atoms with Crippen molar-refractivity contribution in [2.24, 2.45) is 0 Å². The molecule has 0 saturated carbocycles. The molecule has 2 aromatic rings. The Labute approximate surface area is 172 Å². The van der Waals surface area contributed by atoms with Crippen LogP contribution < -0.4 is 5.32 Å². The minimum atomic E-state index is -0.0864. The smallest absolute Gasteiger partial charge is 0.317 e. The molecule has 0 bridgehead atoms. The van der Waals surface area contributed by atoms with Crippen LogP contribution in [0, 0.1) is 0 Å². The molecule has 3 rings (SSSR count). The van der Waals surface area contributed by atoms with E-state index in [-0.39, 0.29) is 18.1 Å². The number of urea groups is 1. The van der Waals surface area contributed by atoms with Crippen molar-refractivity contribution >= 4 is 17.6 Å². The van der Waals surface area contributed by atoms with Gasteiger partial charge in [-0.15, -0.1) is 0 Å². The summed E-state index contributed by atoms with van der Waals surface area (Å²) in [6, 6.07) is 17.9. The number of ether oxygens (including phenoxy) is 1. The van der Waals surface area contributed by atoms with Crippen molar-refractivity contribution < 1.29 is 9.53 Å². The van der Waals surface area contributed by atoms with Crippen LogP contribution in [0.1, 0.15) is 30.1 Å². The summed E-state index contributed by atoms with van der Waals surface area (Å²) < 4.78 is 5.49. The number of morpholine rings is 1. The van der Waals surface area contributed by atoms with E-state index >= 15 is 0 Å². The second kappa shape index (κ2) is 9.92. The highest BCUT2D eigenvalue weighted by Crippen LogP contribution is 2.23. The van der Waals surface area contributed by atoms with E-state index < -0.39 is 0 Å². The Morgan fingerprint density at radius 1 is 1.11 bits per heavy atom. The van der Waals surface area contributed by atoms with Gasteiger partial charge in [0.1, 0.15) is 0 Å². The summed E-state index contributed by atoms with van der Waals surface area (Å²) in [6.07, 6.45) is 0. The second-order valence-electron chi connectivity index (χ2n) is 7.10. The van der Waals surface area contributed by atoms with E-state index in [0.717, 1.165) is 31.9 Å². The molecule has 1 heterocycles. The Balaban J connectivity index is 1.64. The molecule has 28 heavy (non-hydrogen) atoms. The largest absolute Gasteiger partial charge is 0.379 e. The van der Waals surface area contributed by atoms with Gasteiger partial charge >= 0.3 is 6.03 Å². The van der Waals surface area contributed by atoms with Gasteiger partial charge in [0.25, 0.3) is 0 Å². The van der Waals surface area contributed by atoms with Crippen LogP contribution in [0.15, 0.2) is 54.6 Å². The summed E-state index contributed by atoms with van der Waals surface area (Å²) in [4.78, 5) is 16.9. The summed E-state index contributed by atoms with van der Waals surface area (Å²) in [6.45, 7) is 5.76. The molecule has 2 aromatic carbocycles. The molecule has 0 spiro atoms. The summed E-state index contributed by atoms with van der Waals surface area (Å²) >= 11 is 5.97. The molecule has 0 radical (unpaired) electrons. The number of benzene rings is 2. The maximum absolute atomic E-state index is 12.8. The zero-order valence-electron chi connectivity index (χ0n) is 16.5. The second-order valence-corrected chi connectivity index (χ2v) is 7.54. The Morgan fingerprint density at radius 3 is 2.39 bits per heavy atom. The van der Waals surface area contributed by atoms with Crippen molar-refractivity contribution in [3.63, 3.8) is 0 Å². The van der Waals surface area contributed by atoms with E-state index in [4.69, 9.17) is 16.3 Å². The maximum Gasteiger partial charge on any atom is 0.317 e. The predicted octanol–water partition coefficient (Wildman–Crippen LogP) is 4.12. The lowest BCUT2D eigenvalue weighted by Crippen LogP contribution is -2.46. The van der Waals surface area contributed by atoms with Crippen LogP contribution in [-0.4, -0.2) is 55.7 Å². The number of rotatable bonds is 6. The van der Waals surface area contributed by atoms with Crippen molar-refractivity contribution in [2.75, 3.05) is 39.9 Å². The van der Waals surface area contributed by atoms with Gasteiger partial charge in [-0.25, -0.2) is 4.79 Å². The SMILES string of the molecule is CC(c1ccc(Cl)cc1)N(C)C(=O)NCC(c1ccccc1)N1CCOCC1. The lowest BCUT2D eigenvalue weighted by atomic mass is 10.0. The first-order chi connectivity index (χ1) is 13.6. The topological polar surface area (TPSA) is 44.8 Å². The van der Waals surface area contributed by atoms with Crippen LogP contribution in [-0.2, 0) is 4.74 Å². The van der Waals surface area contributed by atoms with Gasteiger partial charge in [0.2, 0.25) is 0 Å². The van der Waals surface area contributed by atoms with Crippen molar-refractivity contribution in [3.05, 3.63) is 70.7 Å². The van der Waals surface area contributed by atoms with Crippen LogP contribution >= 0.6 is 11.6 Å². The molecule has 1 aliphatic heterocycles. The number of halogens is 1. The molecular formula is C22H28ClN3O2. The predicted molar refractivity (Wildman–Crippen MR) is 113 cm³/mol. The number of carbonyl (C=O) groups is 1. The molecule has 2 unspecified atom stereocenters. The number of carbonyl (C=O) groups excluding carboxylic acids is 1. The molecule has 0 aliphatic carbocycles. The van der Waals surface area contributed by atoms with E-state index in [1.165, 1.54) is 5.56 Å². The Hall–Kier alpha value is -2.08. The molecule has 5 nitrogen and oxygen atoms in total. The highest BCUT2D eigenvalue weighted by Gasteiger charge is 2.24. The van der Waals surface area contributed by atoms with Gasteiger partial charge in [0.15, 0.2) is 0 Å². The standard InChI is InChI=1S/C22H28ClN3O2/c1-17(18-8-10-20(23)11-9-18)25(2)22(27)24-16-21(19-6-4-3-5-7-19)26-12-14-28-15-13-26/h3-11,17,21H,12-16H2,1-2H3,(H,24,27). The quantitative estimate of drug-likeness (QED) is 0.792. The molecule has 1 fully saturated rings. The maximum atomic E-state index is 12.8. The number of nitrogens with zero attached hydrogens (tertiary/aromatic N) is 2. The Morgan fingerprint density at radius 2 is 1.75 bits per heavy atom. The van der Waals surface area contributed by atoms with E-state index in [1.54, 1.807) is 4.90 Å². The molecule has 1 saturated heterocycles. The third kappa shape index (κ3) is 5.25. The third-order valence-electron chi connectivity index (χ3n) is 5.37. The summed E-state index contributed by atoms with van der Waals surface area (Å²) in [5.74, 6) is 0. The van der Waals surface area contributed by atoms with Crippen molar-refractivity contribution in [2.45, 2.75) is 19.0 Å². The van der Waals surface area contributed by atoms with Crippen LogP contribution in [0.2, 0.25) is 5.02 Å². The molecular weight excluding hydrogens is 374 g/mol. The molecule has 1 N–H and O–H groups in total. The minimum absolute atomic E-state index is 0.0455. The van der Waals surface area contributed by atoms with Crippen LogP contribution in [0.25, 0.3) is 0 Å². The molecule has 2 amide bonds. The molecule has 1 aliphatic rings. The minimum Gasteiger partial charge on any atom is -0.379 e. The van der Waals surface area contributed by atoms with Gasteiger partial charge in [0.05, 0.1) is 25.3 Å². The summed E-state index contributed by atoms with van der Waals surface area (Å²) in [7, 11) is 1.82. The first-order valence-electron chi connectivity index (χ1n) is 9.69. The Kier molecular flexibility index (Phi) is 7.31. The first-order valence-corrected chi connectivity index (χ1v) is 10.1. The van der Waals surface area contributed by atoms with Crippen molar-refractivity contribution in [1.29, 1.82) is 0 Å². The zero-order chi connectivity index (χ0) is 19.9. The van der Waals surface area contributed by atoms with Gasteiger partial charge in [-0.1, -0.05) is 54.1 Å². The van der Waals surface area contributed by atoms with Gasteiger partial charge in [-0.3, -0.25) is 4.90 Å². The van der Waals surface area contributed by atoms with Gasteiger partial charge < -0.3 is 15.0 Å². The molecule has 150 valence electrons. The van der Waals surface area contributed by atoms with Crippen molar-refractivity contribution in [3.8, 4) is 0 Å². The van der Waals surface area contributed by atoms with E-state index in [1.807, 2.05) is 56.4 Å². The van der Waals surface area contributed by atoms with Crippen LogP contribution in [0.4, 0.5) is 4.79 Å². The highest BCUT2D eigenvalue weighted by molar-refractivity contribution is 6.30. The van der Waals surface area contributed by atoms with E-state index in [9.17, 15) is 4.79 Å². The monoisotopic (exact) mass is 401 g/mol. The number of hydrogen-bond donors (Lipinski definition) is 1. The molecule has 0 aromatic heterocycles. The Bertz CT molecular complexity index is 748. The highest BCUT2D eigenvalue weighted by atomic mass is 35.5. The average molecular weight is 402 g/mol. The lowest BCUT2D eigenvalue weighted by Gasteiger charge is -2.35. The average Bonchev–Trinajstić information content (AvgIpc) is 2.75. The fourth-order valence-corrected chi connectivity index (χ4v) is 3.60. The third-order valence-corrected chi connectivity index (χ3v) is 5.62.